The maximum Gasteiger partial charge on any atom is 0.0561 e. The van der Waals surface area contributed by atoms with Crippen LogP contribution >= 0.6 is 0 Å². The first kappa shape index (κ1) is 29.4. The number of rotatable bonds is 4. The van der Waals surface area contributed by atoms with Crippen molar-refractivity contribution in [3.8, 4) is 27.9 Å². The summed E-state index contributed by atoms with van der Waals surface area (Å²) in [5, 5.41) is 12.6. The fourth-order valence-electron chi connectivity index (χ4n) is 9.26. The van der Waals surface area contributed by atoms with Crippen molar-refractivity contribution in [3.05, 3.63) is 194 Å². The second-order valence-electron chi connectivity index (χ2n) is 14.5. The predicted molar refractivity (Wildman–Crippen MR) is 230 cm³/mol. The Bertz CT molecular complexity index is 3340. The van der Waals surface area contributed by atoms with Crippen LogP contribution in [0.4, 0.5) is 17.1 Å². The number of fused-ring (bicyclic) bond motifs is 10. The Labute approximate surface area is 312 Å². The highest BCUT2D eigenvalue weighted by Crippen LogP contribution is 2.52. The van der Waals surface area contributed by atoms with Crippen LogP contribution in [0.25, 0.3) is 92.8 Å². The van der Waals surface area contributed by atoms with Gasteiger partial charge in [-0.25, -0.2) is 0 Å². The van der Waals surface area contributed by atoms with Crippen LogP contribution in [0.3, 0.4) is 0 Å². The van der Waals surface area contributed by atoms with Crippen LogP contribution in [0.15, 0.2) is 194 Å². The van der Waals surface area contributed by atoms with Crippen LogP contribution in [0.1, 0.15) is 0 Å². The first-order valence-corrected chi connectivity index (χ1v) is 18.7. The Kier molecular flexibility index (Phi) is 6.09. The van der Waals surface area contributed by atoms with Crippen molar-refractivity contribution in [1.82, 2.24) is 4.57 Å². The number of benzene rings is 10. The van der Waals surface area contributed by atoms with Crippen molar-refractivity contribution in [2.45, 2.75) is 0 Å². The van der Waals surface area contributed by atoms with Crippen molar-refractivity contribution in [3.63, 3.8) is 0 Å². The van der Waals surface area contributed by atoms with Gasteiger partial charge in [-0.1, -0.05) is 140 Å². The number of para-hydroxylation sites is 1. The summed E-state index contributed by atoms with van der Waals surface area (Å²) in [6, 6.07) is 71.7. The third-order valence-electron chi connectivity index (χ3n) is 11.6. The molecule has 12 rings (SSSR count). The van der Waals surface area contributed by atoms with Crippen LogP contribution in [0.5, 0.6) is 0 Å². The summed E-state index contributed by atoms with van der Waals surface area (Å²) in [6.45, 7) is 0. The van der Waals surface area contributed by atoms with Gasteiger partial charge >= 0.3 is 0 Å². The van der Waals surface area contributed by atoms with Crippen LogP contribution in [0, 0.1) is 0 Å². The Balaban J connectivity index is 1.13. The van der Waals surface area contributed by atoms with E-state index in [0.29, 0.717) is 0 Å². The SMILES string of the molecule is c1ccc2cc(-n3c4ccccc4c4ccc(N(c5ccc6c(c5)-c5cccc7cc8ccccc8c-6c57)c5cccc6ccccc56)cc43)ccc2c1. The number of nitrogens with zero attached hydrogens (tertiary/aromatic N) is 2. The third-order valence-corrected chi connectivity index (χ3v) is 11.6. The molecule has 0 atom stereocenters. The topological polar surface area (TPSA) is 8.17 Å². The highest BCUT2D eigenvalue weighted by atomic mass is 15.1. The van der Waals surface area contributed by atoms with Gasteiger partial charge in [-0.2, -0.15) is 0 Å². The molecule has 0 fully saturated rings. The molecule has 1 heterocycles. The molecule has 250 valence electrons. The molecule has 0 saturated carbocycles. The van der Waals surface area contributed by atoms with E-state index >= 15 is 0 Å². The van der Waals surface area contributed by atoms with Crippen LogP contribution in [0.2, 0.25) is 0 Å². The van der Waals surface area contributed by atoms with E-state index in [-0.39, 0.29) is 0 Å². The number of aromatic nitrogens is 1. The molecule has 1 aliphatic rings. The van der Waals surface area contributed by atoms with E-state index in [1.807, 2.05) is 0 Å². The second-order valence-corrected chi connectivity index (χ2v) is 14.5. The first-order chi connectivity index (χ1) is 26.8. The first-order valence-electron chi connectivity index (χ1n) is 18.7. The van der Waals surface area contributed by atoms with E-state index in [2.05, 4.69) is 204 Å². The monoisotopic (exact) mass is 684 g/mol. The smallest absolute Gasteiger partial charge is 0.0561 e. The summed E-state index contributed by atoms with van der Waals surface area (Å²) in [5.74, 6) is 0. The van der Waals surface area contributed by atoms with Gasteiger partial charge in [-0.3, -0.25) is 0 Å². The van der Waals surface area contributed by atoms with Crippen molar-refractivity contribution in [2.75, 3.05) is 4.90 Å². The zero-order chi connectivity index (χ0) is 35.3. The molecule has 0 unspecified atom stereocenters. The van der Waals surface area contributed by atoms with Crippen LogP contribution < -0.4 is 4.90 Å². The van der Waals surface area contributed by atoms with Gasteiger partial charge in [0.2, 0.25) is 0 Å². The van der Waals surface area contributed by atoms with E-state index in [9.17, 15) is 0 Å². The van der Waals surface area contributed by atoms with Crippen LogP contribution in [-0.2, 0) is 0 Å². The molecule has 11 aromatic rings. The number of hydrogen-bond donors (Lipinski definition) is 0. The number of anilines is 3. The van der Waals surface area contributed by atoms with Crippen LogP contribution in [-0.4, -0.2) is 4.57 Å². The minimum atomic E-state index is 1.11. The van der Waals surface area contributed by atoms with Gasteiger partial charge in [0.1, 0.15) is 0 Å². The highest BCUT2D eigenvalue weighted by Gasteiger charge is 2.26. The quantitative estimate of drug-likeness (QED) is 0.168. The molecular weight excluding hydrogens is 653 g/mol. The van der Waals surface area contributed by atoms with E-state index in [1.165, 1.54) is 87.1 Å². The molecule has 0 bridgehead atoms. The van der Waals surface area contributed by atoms with E-state index in [1.54, 1.807) is 0 Å². The molecule has 0 N–H and O–H groups in total. The maximum absolute atomic E-state index is 2.46. The van der Waals surface area contributed by atoms with E-state index < -0.39 is 0 Å². The fraction of sp³-hybridized carbons (Fsp3) is 0. The zero-order valence-electron chi connectivity index (χ0n) is 29.4. The molecule has 10 aromatic carbocycles. The van der Waals surface area contributed by atoms with Crippen molar-refractivity contribution in [2.24, 2.45) is 0 Å². The zero-order valence-corrected chi connectivity index (χ0v) is 29.4. The number of hydrogen-bond acceptors (Lipinski definition) is 1. The third kappa shape index (κ3) is 4.17. The van der Waals surface area contributed by atoms with Gasteiger partial charge in [0, 0.05) is 33.2 Å². The van der Waals surface area contributed by atoms with Gasteiger partial charge in [0.15, 0.2) is 0 Å². The standard InChI is InChI=1S/C52H32N2/c1-2-13-35-30-38(24-23-33(35)11-1)54-49-21-8-7-19-43(49)44-27-25-40(32-50(44)54)53(48-22-10-15-34-12-3-5-17-41(34)48)39-26-28-46-47(31-39)45-20-9-16-37-29-36-14-4-6-18-42(36)52(46)51(37)45/h1-32H. The van der Waals surface area contributed by atoms with E-state index in [4.69, 9.17) is 0 Å². The highest BCUT2D eigenvalue weighted by molar-refractivity contribution is 6.24. The normalized spacial score (nSPS) is 12.1. The maximum atomic E-state index is 2.46. The molecule has 0 spiro atoms. The molecule has 54 heavy (non-hydrogen) atoms. The largest absolute Gasteiger partial charge is 0.310 e. The molecule has 2 heteroatoms. The lowest BCUT2D eigenvalue weighted by molar-refractivity contribution is 1.18. The van der Waals surface area contributed by atoms with Crippen molar-refractivity contribution < 1.29 is 0 Å². The lowest BCUT2D eigenvalue weighted by atomic mass is 9.96. The minimum Gasteiger partial charge on any atom is -0.310 e. The average molecular weight is 685 g/mol. The van der Waals surface area contributed by atoms with Gasteiger partial charge in [0.05, 0.1) is 16.7 Å². The summed E-state index contributed by atoms with van der Waals surface area (Å²) in [7, 11) is 0. The lowest BCUT2D eigenvalue weighted by Gasteiger charge is -2.28. The molecule has 0 amide bonds. The minimum absolute atomic E-state index is 1.11. The summed E-state index contributed by atoms with van der Waals surface area (Å²) in [4.78, 5) is 2.46. The van der Waals surface area contributed by atoms with Gasteiger partial charge in [-0.05, 0) is 115 Å². The van der Waals surface area contributed by atoms with Gasteiger partial charge in [0.25, 0.3) is 0 Å². The summed E-state index contributed by atoms with van der Waals surface area (Å²) >= 11 is 0. The Morgan fingerprint density at radius 3 is 1.91 bits per heavy atom. The lowest BCUT2D eigenvalue weighted by Crippen LogP contribution is -2.11. The fourth-order valence-corrected chi connectivity index (χ4v) is 9.26. The summed E-state index contributed by atoms with van der Waals surface area (Å²) < 4.78 is 2.44. The van der Waals surface area contributed by atoms with Crippen molar-refractivity contribution in [1.29, 1.82) is 0 Å². The van der Waals surface area contributed by atoms with Gasteiger partial charge in [-0.15, -0.1) is 0 Å². The average Bonchev–Trinajstić information content (AvgIpc) is 3.74. The molecule has 1 aromatic heterocycles. The van der Waals surface area contributed by atoms with E-state index in [0.717, 1.165) is 22.7 Å². The summed E-state index contributed by atoms with van der Waals surface area (Å²) in [6.07, 6.45) is 0. The molecule has 0 aliphatic heterocycles. The summed E-state index contributed by atoms with van der Waals surface area (Å²) in [5.41, 5.74) is 12.2. The Morgan fingerprint density at radius 2 is 1.00 bits per heavy atom. The molecular formula is C52H32N2. The Hall–Kier alpha value is -7.16. The Morgan fingerprint density at radius 1 is 0.333 bits per heavy atom. The molecule has 0 radical (unpaired) electrons. The van der Waals surface area contributed by atoms with Gasteiger partial charge < -0.3 is 9.47 Å². The van der Waals surface area contributed by atoms with Crippen molar-refractivity contribution >= 4 is 82.0 Å². The second kappa shape index (κ2) is 11.2. The predicted octanol–water partition coefficient (Wildman–Crippen LogP) is 14.5. The molecule has 1 aliphatic carbocycles. The molecule has 0 saturated heterocycles. The molecule has 2 nitrogen and oxygen atoms in total.